The minimum absolute atomic E-state index is 0.243. The highest BCUT2D eigenvalue weighted by molar-refractivity contribution is 9.10. The van der Waals surface area contributed by atoms with Crippen LogP contribution in [0.3, 0.4) is 0 Å². The van der Waals surface area contributed by atoms with E-state index in [1.807, 2.05) is 0 Å². The largest absolute Gasteiger partial charge is 0.292 e. The van der Waals surface area contributed by atoms with Gasteiger partial charge in [-0.25, -0.2) is 13.4 Å². The molecular formula is C11H12BrN3O3S. The first kappa shape index (κ1) is 14.1. The average Bonchev–Trinajstić information content (AvgIpc) is 2.30. The lowest BCUT2D eigenvalue weighted by Gasteiger charge is -2.10. The van der Waals surface area contributed by atoms with E-state index in [0.29, 0.717) is 27.7 Å². The molecule has 2 heterocycles. The van der Waals surface area contributed by atoms with E-state index in [1.165, 1.54) is 4.57 Å². The Morgan fingerprint density at radius 2 is 2.00 bits per heavy atom. The zero-order valence-corrected chi connectivity index (χ0v) is 13.0. The minimum Gasteiger partial charge on any atom is -0.292 e. The third-order valence-electron chi connectivity index (χ3n) is 2.72. The quantitative estimate of drug-likeness (QED) is 0.766. The zero-order chi connectivity index (χ0) is 14.4. The molecule has 0 aliphatic carbocycles. The Morgan fingerprint density at radius 1 is 1.37 bits per heavy atom. The van der Waals surface area contributed by atoms with Crippen LogP contribution in [0.2, 0.25) is 0 Å². The van der Waals surface area contributed by atoms with Crippen molar-refractivity contribution in [3.05, 3.63) is 26.6 Å². The highest BCUT2D eigenvalue weighted by atomic mass is 79.9. The van der Waals surface area contributed by atoms with E-state index in [2.05, 4.69) is 25.9 Å². The minimum atomic E-state index is -3.51. The Labute approximate surface area is 118 Å². The number of hydrogen-bond acceptors (Lipinski definition) is 5. The molecule has 0 amide bonds. The summed E-state index contributed by atoms with van der Waals surface area (Å²) in [7, 11) is -3.51. The van der Waals surface area contributed by atoms with E-state index in [-0.39, 0.29) is 10.7 Å². The molecule has 0 N–H and O–H groups in total. The van der Waals surface area contributed by atoms with Crippen LogP contribution < -0.4 is 5.56 Å². The highest BCUT2D eigenvalue weighted by Gasteiger charge is 2.17. The normalized spacial score (nSPS) is 12.0. The van der Waals surface area contributed by atoms with Gasteiger partial charge in [0.2, 0.25) is 15.0 Å². The number of pyridine rings is 1. The number of nitrogens with zero attached hydrogens (tertiary/aromatic N) is 3. The SMILES string of the molecule is CCn1c(=O)c(Br)cc2c(C)nc(S(C)(=O)=O)nc21. The van der Waals surface area contributed by atoms with Gasteiger partial charge >= 0.3 is 0 Å². The van der Waals surface area contributed by atoms with Gasteiger partial charge in [-0.3, -0.25) is 9.36 Å². The number of aryl methyl sites for hydroxylation is 2. The number of aromatic nitrogens is 3. The van der Waals surface area contributed by atoms with Crippen LogP contribution in [0, 0.1) is 6.92 Å². The van der Waals surface area contributed by atoms with E-state index in [1.54, 1.807) is 19.9 Å². The van der Waals surface area contributed by atoms with E-state index in [0.717, 1.165) is 6.26 Å². The summed E-state index contributed by atoms with van der Waals surface area (Å²) in [6.07, 6.45) is 1.04. The van der Waals surface area contributed by atoms with Gasteiger partial charge in [-0.05, 0) is 35.8 Å². The molecule has 8 heteroatoms. The summed E-state index contributed by atoms with van der Waals surface area (Å²) in [5.74, 6) is 0. The van der Waals surface area contributed by atoms with E-state index >= 15 is 0 Å². The van der Waals surface area contributed by atoms with Crippen molar-refractivity contribution in [2.45, 2.75) is 25.5 Å². The lowest BCUT2D eigenvalue weighted by Crippen LogP contribution is -2.22. The maximum atomic E-state index is 12.0. The number of hydrogen-bond donors (Lipinski definition) is 0. The van der Waals surface area contributed by atoms with Crippen molar-refractivity contribution < 1.29 is 8.42 Å². The van der Waals surface area contributed by atoms with Gasteiger partial charge in [0.05, 0.1) is 10.2 Å². The van der Waals surface area contributed by atoms with Crippen LogP contribution in [0.5, 0.6) is 0 Å². The summed E-state index contributed by atoms with van der Waals surface area (Å²) in [5.41, 5.74) is 0.615. The first-order chi connectivity index (χ1) is 8.75. The van der Waals surface area contributed by atoms with Gasteiger partial charge in [0, 0.05) is 18.2 Å². The highest BCUT2D eigenvalue weighted by Crippen LogP contribution is 2.19. The van der Waals surface area contributed by atoms with Crippen LogP contribution in [0.1, 0.15) is 12.6 Å². The summed E-state index contributed by atoms with van der Waals surface area (Å²) in [5, 5.41) is 0.391. The van der Waals surface area contributed by atoms with Gasteiger partial charge in [0.1, 0.15) is 5.65 Å². The second-order valence-corrected chi connectivity index (χ2v) is 6.91. The standard InChI is InChI=1S/C11H12BrN3O3S/c1-4-15-9-7(5-8(12)10(15)16)6(2)13-11(14-9)19(3,17)18/h5H,4H2,1-3H3. The monoisotopic (exact) mass is 345 g/mol. The molecule has 2 rings (SSSR count). The summed E-state index contributed by atoms with van der Waals surface area (Å²) >= 11 is 3.19. The molecule has 2 aromatic rings. The van der Waals surface area contributed by atoms with Gasteiger partial charge in [-0.1, -0.05) is 0 Å². The fraction of sp³-hybridized carbons (Fsp3) is 0.364. The predicted octanol–water partition coefficient (Wildman–Crippen LogP) is 1.29. The van der Waals surface area contributed by atoms with E-state index < -0.39 is 9.84 Å². The molecule has 0 aromatic carbocycles. The summed E-state index contributed by atoms with van der Waals surface area (Å²) in [4.78, 5) is 20.0. The van der Waals surface area contributed by atoms with Crippen molar-refractivity contribution in [3.63, 3.8) is 0 Å². The van der Waals surface area contributed by atoms with Crippen molar-refractivity contribution in [3.8, 4) is 0 Å². The van der Waals surface area contributed by atoms with Crippen LogP contribution in [-0.4, -0.2) is 29.2 Å². The van der Waals surface area contributed by atoms with Crippen LogP contribution in [0.25, 0.3) is 11.0 Å². The average molecular weight is 346 g/mol. The van der Waals surface area contributed by atoms with Gasteiger partial charge in [0.15, 0.2) is 0 Å². The Bertz CT molecular complexity index is 827. The molecule has 0 radical (unpaired) electrons. The van der Waals surface area contributed by atoms with Gasteiger partial charge in [-0.15, -0.1) is 0 Å². The van der Waals surface area contributed by atoms with E-state index in [4.69, 9.17) is 0 Å². The second-order valence-electron chi connectivity index (χ2n) is 4.14. The van der Waals surface area contributed by atoms with Gasteiger partial charge < -0.3 is 0 Å². The summed E-state index contributed by atoms with van der Waals surface area (Å²) in [6, 6.07) is 1.62. The second kappa shape index (κ2) is 4.68. The van der Waals surface area contributed by atoms with Crippen LogP contribution in [0.15, 0.2) is 20.5 Å². The molecule has 6 nitrogen and oxygen atoms in total. The molecule has 0 atom stereocenters. The maximum absolute atomic E-state index is 12.0. The Morgan fingerprint density at radius 3 is 2.53 bits per heavy atom. The predicted molar refractivity (Wildman–Crippen MR) is 75.0 cm³/mol. The molecule has 0 bridgehead atoms. The molecular weight excluding hydrogens is 334 g/mol. The number of fused-ring (bicyclic) bond motifs is 1. The topological polar surface area (TPSA) is 81.9 Å². The zero-order valence-electron chi connectivity index (χ0n) is 10.6. The Hall–Kier alpha value is -1.28. The van der Waals surface area contributed by atoms with Gasteiger partial charge in [0.25, 0.3) is 5.56 Å². The Kier molecular flexibility index (Phi) is 3.48. The molecule has 0 spiro atoms. The molecule has 0 unspecified atom stereocenters. The molecule has 0 fully saturated rings. The van der Waals surface area contributed by atoms with Crippen LogP contribution in [0.4, 0.5) is 0 Å². The molecule has 2 aromatic heterocycles. The first-order valence-electron chi connectivity index (χ1n) is 5.53. The van der Waals surface area contributed by atoms with Crippen LogP contribution in [-0.2, 0) is 16.4 Å². The van der Waals surface area contributed by atoms with Crippen molar-refractivity contribution in [1.29, 1.82) is 0 Å². The van der Waals surface area contributed by atoms with Crippen molar-refractivity contribution in [1.82, 2.24) is 14.5 Å². The van der Waals surface area contributed by atoms with E-state index in [9.17, 15) is 13.2 Å². The lowest BCUT2D eigenvalue weighted by atomic mass is 10.2. The number of halogens is 1. The lowest BCUT2D eigenvalue weighted by molar-refractivity contribution is 0.592. The molecule has 0 saturated heterocycles. The first-order valence-corrected chi connectivity index (χ1v) is 8.22. The third kappa shape index (κ3) is 2.42. The molecule has 0 aliphatic rings. The van der Waals surface area contributed by atoms with Crippen LogP contribution >= 0.6 is 15.9 Å². The summed E-state index contributed by atoms with van der Waals surface area (Å²) < 4.78 is 24.9. The maximum Gasteiger partial charge on any atom is 0.266 e. The fourth-order valence-corrected chi connectivity index (χ4v) is 2.79. The molecule has 0 saturated carbocycles. The number of rotatable bonds is 2. The third-order valence-corrected chi connectivity index (χ3v) is 4.13. The number of sulfone groups is 1. The Balaban J connectivity index is 3.03. The molecule has 102 valence electrons. The van der Waals surface area contributed by atoms with Crippen molar-refractivity contribution in [2.24, 2.45) is 0 Å². The van der Waals surface area contributed by atoms with Gasteiger partial charge in [-0.2, -0.15) is 4.98 Å². The smallest absolute Gasteiger partial charge is 0.266 e. The van der Waals surface area contributed by atoms with Crippen molar-refractivity contribution in [2.75, 3.05) is 6.26 Å². The van der Waals surface area contributed by atoms with Crippen molar-refractivity contribution >= 4 is 36.8 Å². The molecule has 0 aliphatic heterocycles. The fourth-order valence-electron chi connectivity index (χ4n) is 1.79. The molecule has 19 heavy (non-hydrogen) atoms. The summed E-state index contributed by atoms with van der Waals surface area (Å²) in [6.45, 7) is 3.88.